The lowest BCUT2D eigenvalue weighted by molar-refractivity contribution is -0.393. The van der Waals surface area contributed by atoms with E-state index in [1.54, 1.807) is 0 Å². The lowest BCUT2D eigenvalue weighted by Gasteiger charge is -1.83. The minimum Gasteiger partial charge on any atom is -0.390 e. The zero-order valence-corrected chi connectivity index (χ0v) is 4.37. The maximum Gasteiger partial charge on any atom is 0.432 e. The van der Waals surface area contributed by atoms with Crippen LogP contribution in [-0.2, 0) is 0 Å². The third-order valence-electron chi connectivity index (χ3n) is 0.657. The molecule has 0 bridgehead atoms. The highest BCUT2D eigenvalue weighted by Gasteiger charge is 2.01. The van der Waals surface area contributed by atoms with Gasteiger partial charge < -0.3 is 10.1 Å². The summed E-state index contributed by atoms with van der Waals surface area (Å²) >= 11 is 0. The fraction of sp³-hybridized carbons (Fsp3) is 0. The van der Waals surface area contributed by atoms with Gasteiger partial charge in [0, 0.05) is 7.43 Å². The van der Waals surface area contributed by atoms with E-state index >= 15 is 0 Å². The largest absolute Gasteiger partial charge is 0.432 e. The van der Waals surface area contributed by atoms with Crippen molar-refractivity contribution >= 4 is 5.95 Å². The number of aromatic amines is 1. The molecule has 1 aromatic rings. The first-order valence-corrected chi connectivity index (χ1v) is 1.94. The molecule has 0 fully saturated rings. The van der Waals surface area contributed by atoms with Crippen LogP contribution in [0.15, 0.2) is 12.4 Å². The van der Waals surface area contributed by atoms with Crippen molar-refractivity contribution in [2.75, 3.05) is 0 Å². The SMILES string of the molecule is O=[N+]([O-])c1ncc[nH]1.[C]. The number of hydrogen-bond acceptors (Lipinski definition) is 3. The van der Waals surface area contributed by atoms with Crippen LogP contribution in [0.25, 0.3) is 0 Å². The van der Waals surface area contributed by atoms with Crippen LogP contribution in [0.5, 0.6) is 0 Å². The molecule has 0 saturated heterocycles. The third kappa shape index (κ3) is 1.52. The predicted molar refractivity (Wildman–Crippen MR) is 28.5 cm³/mol. The molecule has 0 saturated carbocycles. The molecule has 46 valence electrons. The Morgan fingerprint density at radius 1 is 1.78 bits per heavy atom. The van der Waals surface area contributed by atoms with Crippen molar-refractivity contribution in [1.82, 2.24) is 9.97 Å². The Labute approximate surface area is 51.9 Å². The van der Waals surface area contributed by atoms with E-state index in [0.29, 0.717) is 0 Å². The maximum absolute atomic E-state index is 9.77. The van der Waals surface area contributed by atoms with Crippen molar-refractivity contribution in [2.45, 2.75) is 0 Å². The van der Waals surface area contributed by atoms with Crippen molar-refractivity contribution < 1.29 is 4.92 Å². The van der Waals surface area contributed by atoms with Crippen molar-refractivity contribution in [3.63, 3.8) is 0 Å². The van der Waals surface area contributed by atoms with Gasteiger partial charge in [0.2, 0.25) is 0 Å². The van der Waals surface area contributed by atoms with Gasteiger partial charge in [-0.2, -0.15) is 0 Å². The summed E-state index contributed by atoms with van der Waals surface area (Å²) in [5.74, 6) is -0.218. The van der Waals surface area contributed by atoms with Gasteiger partial charge >= 0.3 is 5.95 Å². The number of nitrogens with one attached hydrogen (secondary N) is 1. The number of rotatable bonds is 1. The van der Waals surface area contributed by atoms with E-state index in [0.717, 1.165) is 0 Å². The molecule has 0 aromatic carbocycles. The Kier molecular flexibility index (Phi) is 2.37. The summed E-state index contributed by atoms with van der Waals surface area (Å²) in [6, 6.07) is 0. The fourth-order valence-electron chi connectivity index (χ4n) is 0.357. The van der Waals surface area contributed by atoms with Crippen molar-refractivity contribution in [1.29, 1.82) is 0 Å². The zero-order chi connectivity index (χ0) is 5.98. The van der Waals surface area contributed by atoms with E-state index in [2.05, 4.69) is 9.97 Å². The first-order chi connectivity index (χ1) is 3.80. The normalized spacial score (nSPS) is 8.00. The van der Waals surface area contributed by atoms with Gasteiger partial charge in [-0.25, -0.2) is 4.98 Å². The fourth-order valence-corrected chi connectivity index (χ4v) is 0.357. The summed E-state index contributed by atoms with van der Waals surface area (Å²) in [4.78, 5) is 14.9. The van der Waals surface area contributed by atoms with Crippen LogP contribution in [0, 0.1) is 17.5 Å². The van der Waals surface area contributed by atoms with E-state index in [-0.39, 0.29) is 13.4 Å². The van der Waals surface area contributed by atoms with E-state index in [1.807, 2.05) is 0 Å². The summed E-state index contributed by atoms with van der Waals surface area (Å²) in [5.41, 5.74) is 0. The van der Waals surface area contributed by atoms with Gasteiger partial charge in [-0.05, 0) is 4.92 Å². The summed E-state index contributed by atoms with van der Waals surface area (Å²) in [5, 5.41) is 9.77. The first kappa shape index (κ1) is 7.61. The predicted octanol–water partition coefficient (Wildman–Crippen LogP) is 0.399. The van der Waals surface area contributed by atoms with Gasteiger partial charge in [0.05, 0.1) is 6.20 Å². The molecule has 1 aromatic heterocycles. The standard InChI is InChI=1S/C3H3N3O2.C/c7-6(8)3-4-1-2-5-3;/h1-2H,(H,4,5);. The number of imidazole rings is 1. The summed E-state index contributed by atoms with van der Waals surface area (Å²) < 4.78 is 0. The zero-order valence-electron chi connectivity index (χ0n) is 4.37. The maximum atomic E-state index is 9.77. The molecule has 0 aliphatic heterocycles. The highest BCUT2D eigenvalue weighted by molar-refractivity contribution is 5.00. The second kappa shape index (κ2) is 2.81. The molecule has 0 aliphatic rings. The molecule has 0 spiro atoms. The van der Waals surface area contributed by atoms with Gasteiger partial charge in [-0.3, -0.25) is 0 Å². The molecule has 5 heteroatoms. The number of nitrogens with zero attached hydrogens (tertiary/aromatic N) is 2. The van der Waals surface area contributed by atoms with E-state index in [1.165, 1.54) is 12.4 Å². The molecule has 0 unspecified atom stereocenters. The van der Waals surface area contributed by atoms with E-state index in [9.17, 15) is 10.1 Å². The third-order valence-corrected chi connectivity index (χ3v) is 0.657. The van der Waals surface area contributed by atoms with Crippen molar-refractivity contribution in [2.24, 2.45) is 0 Å². The number of aromatic nitrogens is 2. The Hall–Kier alpha value is -1.39. The van der Waals surface area contributed by atoms with Gasteiger partial charge in [0.15, 0.2) is 0 Å². The molecule has 9 heavy (non-hydrogen) atoms. The Balaban J connectivity index is 0.000000640. The summed E-state index contributed by atoms with van der Waals surface area (Å²) in [6.07, 6.45) is 2.73. The average Bonchev–Trinajstić information content (AvgIpc) is 2.12. The number of H-pyrrole nitrogens is 1. The molecule has 1 heterocycles. The lowest BCUT2D eigenvalue weighted by Crippen LogP contribution is -1.88. The van der Waals surface area contributed by atoms with E-state index in [4.69, 9.17) is 0 Å². The average molecular weight is 125 g/mol. The quantitative estimate of drug-likeness (QED) is 0.436. The first-order valence-electron chi connectivity index (χ1n) is 1.94. The summed E-state index contributed by atoms with van der Waals surface area (Å²) in [6.45, 7) is 0. The molecule has 5 nitrogen and oxygen atoms in total. The minimum atomic E-state index is -0.583. The molecule has 1 rings (SSSR count). The molecular formula is C4H3N3O2. The van der Waals surface area contributed by atoms with Crippen molar-refractivity contribution in [3.8, 4) is 0 Å². The molecule has 4 radical (unpaired) electrons. The van der Waals surface area contributed by atoms with Crippen LogP contribution in [0.3, 0.4) is 0 Å². The van der Waals surface area contributed by atoms with Gasteiger partial charge in [0.25, 0.3) is 0 Å². The number of nitro groups is 1. The van der Waals surface area contributed by atoms with Crippen LogP contribution >= 0.6 is 0 Å². The van der Waals surface area contributed by atoms with Crippen LogP contribution in [-0.4, -0.2) is 14.9 Å². The smallest absolute Gasteiger partial charge is 0.390 e. The molecule has 0 aliphatic carbocycles. The highest BCUT2D eigenvalue weighted by Crippen LogP contribution is 1.96. The topological polar surface area (TPSA) is 71.8 Å². The Morgan fingerprint density at radius 2 is 2.44 bits per heavy atom. The second-order valence-corrected chi connectivity index (χ2v) is 1.17. The Bertz CT molecular complexity index is 182. The molecule has 0 atom stereocenters. The van der Waals surface area contributed by atoms with Crippen LogP contribution in [0.1, 0.15) is 0 Å². The monoisotopic (exact) mass is 125 g/mol. The minimum absolute atomic E-state index is 0. The molecule has 0 amide bonds. The van der Waals surface area contributed by atoms with Crippen LogP contribution < -0.4 is 0 Å². The van der Waals surface area contributed by atoms with Gasteiger partial charge in [0.1, 0.15) is 6.20 Å². The number of hydrogen-bond donors (Lipinski definition) is 1. The second-order valence-electron chi connectivity index (χ2n) is 1.17. The molecular weight excluding hydrogens is 122 g/mol. The van der Waals surface area contributed by atoms with Crippen LogP contribution in [0.2, 0.25) is 0 Å². The Morgan fingerprint density at radius 3 is 2.67 bits per heavy atom. The highest BCUT2D eigenvalue weighted by atomic mass is 16.6. The van der Waals surface area contributed by atoms with Crippen LogP contribution in [0.4, 0.5) is 5.95 Å². The van der Waals surface area contributed by atoms with Gasteiger partial charge in [-0.15, -0.1) is 0 Å². The van der Waals surface area contributed by atoms with Gasteiger partial charge in [-0.1, -0.05) is 4.98 Å². The summed E-state index contributed by atoms with van der Waals surface area (Å²) in [7, 11) is 0. The van der Waals surface area contributed by atoms with E-state index < -0.39 is 4.92 Å². The molecule has 1 N–H and O–H groups in total. The van der Waals surface area contributed by atoms with Crippen molar-refractivity contribution in [3.05, 3.63) is 29.9 Å². The lowest BCUT2D eigenvalue weighted by atomic mass is 11.0.